The zero-order valence-electron chi connectivity index (χ0n) is 15.2. The van der Waals surface area contributed by atoms with Crippen molar-refractivity contribution in [1.29, 1.82) is 0 Å². The van der Waals surface area contributed by atoms with E-state index in [1.165, 1.54) is 37.5 Å². The highest BCUT2D eigenvalue weighted by molar-refractivity contribution is 7.92. The average Bonchev–Trinajstić information content (AvgIpc) is 3.30. The number of ketones is 1. The first-order valence-electron chi connectivity index (χ1n) is 8.42. The van der Waals surface area contributed by atoms with Crippen molar-refractivity contribution in [3.8, 4) is 0 Å². The maximum atomic E-state index is 15.0. The molecule has 1 aromatic carbocycles. The lowest BCUT2D eigenvalue weighted by atomic mass is 10.0. The summed E-state index contributed by atoms with van der Waals surface area (Å²) in [5.41, 5.74) is -1.30. The van der Waals surface area contributed by atoms with Gasteiger partial charge in [0, 0.05) is 23.3 Å². The van der Waals surface area contributed by atoms with E-state index in [-0.39, 0.29) is 16.0 Å². The Kier molecular flexibility index (Phi) is 4.83. The minimum absolute atomic E-state index is 0.0699. The first-order valence-corrected chi connectivity index (χ1v) is 10.3. The highest BCUT2D eigenvalue weighted by Gasteiger charge is 2.27. The number of hydrogen-bond acceptors (Lipinski definition) is 5. The Balaban J connectivity index is 1.78. The monoisotopic (exact) mass is 451 g/mol. The van der Waals surface area contributed by atoms with Crippen LogP contribution in [-0.4, -0.2) is 24.2 Å². The molecule has 2 N–H and O–H groups in total. The molecule has 30 heavy (non-hydrogen) atoms. The van der Waals surface area contributed by atoms with E-state index in [0.29, 0.717) is 11.4 Å². The van der Waals surface area contributed by atoms with Gasteiger partial charge in [-0.25, -0.2) is 13.8 Å². The summed E-state index contributed by atoms with van der Waals surface area (Å²) in [6.45, 7) is 1.54. The molecule has 0 aliphatic heterocycles. The largest absolute Gasteiger partial charge is 0.448 e. The maximum absolute atomic E-state index is 15.0. The van der Waals surface area contributed by atoms with Gasteiger partial charge < -0.3 is 9.40 Å². The summed E-state index contributed by atoms with van der Waals surface area (Å²) < 4.78 is 61.2. The molecule has 7 nitrogen and oxygen atoms in total. The second-order valence-corrected chi connectivity index (χ2v) is 8.39. The van der Waals surface area contributed by atoms with Gasteiger partial charge in [-0.2, -0.15) is 8.42 Å². The Hall–Kier alpha value is -3.24. The second kappa shape index (κ2) is 7.22. The van der Waals surface area contributed by atoms with E-state index in [1.54, 1.807) is 0 Å². The van der Waals surface area contributed by atoms with Crippen LogP contribution in [0.2, 0.25) is 5.02 Å². The predicted molar refractivity (Wildman–Crippen MR) is 105 cm³/mol. The molecule has 0 bridgehead atoms. The summed E-state index contributed by atoms with van der Waals surface area (Å²) in [5, 5.41) is 0.0460. The molecule has 4 rings (SSSR count). The second-order valence-electron chi connectivity index (χ2n) is 6.34. The molecule has 0 unspecified atom stereocenters. The number of aryl methyl sites for hydroxylation is 1. The molecule has 0 amide bonds. The lowest BCUT2D eigenvalue weighted by molar-refractivity contribution is 0.103. The Bertz CT molecular complexity index is 1410. The molecular weight excluding hydrogens is 440 g/mol. The molecule has 0 saturated heterocycles. The zero-order valence-corrected chi connectivity index (χ0v) is 16.7. The summed E-state index contributed by atoms with van der Waals surface area (Å²) in [5.74, 6) is -3.19. The van der Waals surface area contributed by atoms with Crippen molar-refractivity contribution < 1.29 is 26.4 Å². The number of benzene rings is 1. The maximum Gasteiger partial charge on any atom is 0.295 e. The minimum Gasteiger partial charge on any atom is -0.448 e. The first kappa shape index (κ1) is 20.0. The Labute approximate surface area is 173 Å². The van der Waals surface area contributed by atoms with Crippen LogP contribution in [0, 0.1) is 18.6 Å². The van der Waals surface area contributed by atoms with E-state index in [1.807, 2.05) is 4.72 Å². The molecule has 0 fully saturated rings. The van der Waals surface area contributed by atoms with Gasteiger partial charge in [0.2, 0.25) is 10.9 Å². The van der Waals surface area contributed by atoms with Crippen molar-refractivity contribution in [2.45, 2.75) is 12.0 Å². The summed E-state index contributed by atoms with van der Waals surface area (Å²) in [6, 6.07) is 5.70. The number of H-pyrrole nitrogens is 1. The van der Waals surface area contributed by atoms with E-state index in [2.05, 4.69) is 9.97 Å². The number of furan rings is 1. The van der Waals surface area contributed by atoms with Crippen molar-refractivity contribution in [3.63, 3.8) is 0 Å². The number of rotatable bonds is 5. The van der Waals surface area contributed by atoms with E-state index < -0.39 is 43.8 Å². The van der Waals surface area contributed by atoms with Gasteiger partial charge in [0.1, 0.15) is 17.2 Å². The molecule has 0 spiro atoms. The lowest BCUT2D eigenvalue weighted by Crippen LogP contribution is -2.16. The number of sulfonamides is 1. The van der Waals surface area contributed by atoms with Gasteiger partial charge in [0.15, 0.2) is 5.82 Å². The highest BCUT2D eigenvalue weighted by atomic mass is 35.5. The molecule has 0 aliphatic carbocycles. The summed E-state index contributed by atoms with van der Waals surface area (Å²) in [7, 11) is -4.29. The molecule has 3 aromatic heterocycles. The normalized spacial score (nSPS) is 11.7. The van der Waals surface area contributed by atoms with Crippen LogP contribution in [0.25, 0.3) is 11.0 Å². The van der Waals surface area contributed by atoms with Gasteiger partial charge in [0.05, 0.1) is 16.3 Å². The number of nitrogens with zero attached hydrogens (tertiary/aromatic N) is 1. The van der Waals surface area contributed by atoms with E-state index in [4.69, 9.17) is 16.0 Å². The topological polar surface area (TPSA) is 105 Å². The van der Waals surface area contributed by atoms with E-state index in [0.717, 1.165) is 12.1 Å². The van der Waals surface area contributed by atoms with E-state index in [9.17, 15) is 17.6 Å². The molecule has 3 heterocycles. The number of aromatic amines is 1. The standard InChI is InChI=1S/C19H12ClF2N3O4S/c1-9-2-5-15(29-9)30(27,28)25-14-4-3-13(21)16(17(14)22)18(26)12-8-24-19-11(12)6-10(20)7-23-19/h2-8,25H,1H3,(H,23,24). The molecule has 0 aliphatic rings. The number of halogens is 3. The number of pyridine rings is 1. The van der Waals surface area contributed by atoms with Crippen molar-refractivity contribution in [2.75, 3.05) is 4.72 Å². The minimum atomic E-state index is -4.29. The molecule has 0 atom stereocenters. The molecule has 154 valence electrons. The number of carbonyl (C=O) groups excluding carboxylic acids is 1. The van der Waals surface area contributed by atoms with Crippen molar-refractivity contribution in [3.05, 3.63) is 76.3 Å². The number of hydrogen-bond donors (Lipinski definition) is 2. The van der Waals surface area contributed by atoms with Crippen molar-refractivity contribution in [1.82, 2.24) is 9.97 Å². The van der Waals surface area contributed by atoms with Gasteiger partial charge in [-0.15, -0.1) is 0 Å². The SMILES string of the molecule is Cc1ccc(S(=O)(=O)Nc2ccc(F)c(C(=O)c3c[nH]c4ncc(Cl)cc34)c2F)o1. The summed E-state index contributed by atoms with van der Waals surface area (Å²) in [4.78, 5) is 19.6. The Morgan fingerprint density at radius 1 is 1.23 bits per heavy atom. The lowest BCUT2D eigenvalue weighted by Gasteiger charge is -2.10. The third-order valence-electron chi connectivity index (χ3n) is 4.29. The van der Waals surface area contributed by atoms with Gasteiger partial charge in [0.25, 0.3) is 10.0 Å². The van der Waals surface area contributed by atoms with Gasteiger partial charge in [-0.3, -0.25) is 9.52 Å². The van der Waals surface area contributed by atoms with Gasteiger partial charge >= 0.3 is 0 Å². The summed E-state index contributed by atoms with van der Waals surface area (Å²) >= 11 is 5.90. The molecular formula is C19H12ClF2N3O4S. The predicted octanol–water partition coefficient (Wildman–Crippen LogP) is 4.43. The Morgan fingerprint density at radius 2 is 2.00 bits per heavy atom. The van der Waals surface area contributed by atoms with Crippen molar-refractivity contribution in [2.24, 2.45) is 0 Å². The van der Waals surface area contributed by atoms with Gasteiger partial charge in [-0.05, 0) is 37.3 Å². The van der Waals surface area contributed by atoms with Gasteiger partial charge in [-0.1, -0.05) is 11.6 Å². The number of anilines is 1. The zero-order chi connectivity index (χ0) is 21.6. The third kappa shape index (κ3) is 3.44. The van der Waals surface area contributed by atoms with Crippen LogP contribution < -0.4 is 4.72 Å². The van der Waals surface area contributed by atoms with Crippen LogP contribution in [0.4, 0.5) is 14.5 Å². The third-order valence-corrected chi connectivity index (χ3v) is 5.73. The molecule has 0 radical (unpaired) electrons. The molecule has 11 heteroatoms. The van der Waals surface area contributed by atoms with Crippen LogP contribution >= 0.6 is 11.6 Å². The number of fused-ring (bicyclic) bond motifs is 1. The summed E-state index contributed by atoms with van der Waals surface area (Å²) in [6.07, 6.45) is 2.60. The average molecular weight is 452 g/mol. The fourth-order valence-corrected chi connectivity index (χ4v) is 4.09. The van der Waals surface area contributed by atoms with Crippen LogP contribution in [0.5, 0.6) is 0 Å². The highest BCUT2D eigenvalue weighted by Crippen LogP contribution is 2.29. The fourth-order valence-electron chi connectivity index (χ4n) is 2.89. The first-order chi connectivity index (χ1) is 14.2. The van der Waals surface area contributed by atoms with E-state index >= 15 is 4.39 Å². The smallest absolute Gasteiger partial charge is 0.295 e. The van der Waals surface area contributed by atoms with Crippen LogP contribution in [0.1, 0.15) is 21.7 Å². The van der Waals surface area contributed by atoms with Crippen LogP contribution in [0.3, 0.4) is 0 Å². The van der Waals surface area contributed by atoms with Crippen LogP contribution in [0.15, 0.2) is 52.2 Å². The number of nitrogens with one attached hydrogen (secondary N) is 2. The molecule has 4 aromatic rings. The number of aromatic nitrogens is 2. The Morgan fingerprint density at radius 3 is 2.70 bits per heavy atom. The molecule has 0 saturated carbocycles. The number of carbonyl (C=O) groups is 1. The van der Waals surface area contributed by atoms with Crippen LogP contribution in [-0.2, 0) is 10.0 Å². The quantitative estimate of drug-likeness (QED) is 0.437. The fraction of sp³-hybridized carbons (Fsp3) is 0.0526. The van der Waals surface area contributed by atoms with Crippen molar-refractivity contribution >= 4 is 44.1 Å².